The second-order valence-electron chi connectivity index (χ2n) is 5.35. The van der Waals surface area contributed by atoms with Crippen molar-refractivity contribution in [2.75, 3.05) is 38.2 Å². The monoisotopic (exact) mass is 293 g/mol. The van der Waals surface area contributed by atoms with Gasteiger partial charge in [0, 0.05) is 30.9 Å². The summed E-state index contributed by atoms with van der Waals surface area (Å²) in [5.74, 6) is 1.05. The van der Waals surface area contributed by atoms with Crippen molar-refractivity contribution < 1.29 is 9.66 Å². The van der Waals surface area contributed by atoms with Gasteiger partial charge in [0.15, 0.2) is 5.75 Å². The van der Waals surface area contributed by atoms with E-state index in [0.29, 0.717) is 5.75 Å². The topological polar surface area (TPSA) is 67.6 Å². The molecule has 6 nitrogen and oxygen atoms in total. The molecule has 6 heteroatoms. The lowest BCUT2D eigenvalue weighted by Crippen LogP contribution is -2.37. The van der Waals surface area contributed by atoms with E-state index in [1.165, 1.54) is 13.2 Å². The third-order valence-electron chi connectivity index (χ3n) is 4.02. The molecule has 0 bridgehead atoms. The van der Waals surface area contributed by atoms with Crippen molar-refractivity contribution in [1.82, 2.24) is 5.32 Å². The van der Waals surface area contributed by atoms with Gasteiger partial charge in [0.25, 0.3) is 0 Å². The van der Waals surface area contributed by atoms with Crippen LogP contribution in [0, 0.1) is 16.0 Å². The number of ether oxygens (including phenoxy) is 1. The van der Waals surface area contributed by atoms with Crippen LogP contribution in [0.15, 0.2) is 18.2 Å². The molecule has 0 atom stereocenters. The molecular weight excluding hydrogens is 270 g/mol. The summed E-state index contributed by atoms with van der Waals surface area (Å²) in [7, 11) is 1.47. The molecule has 1 aromatic rings. The van der Waals surface area contributed by atoms with Gasteiger partial charge in [-0.2, -0.15) is 0 Å². The largest absolute Gasteiger partial charge is 0.490 e. The van der Waals surface area contributed by atoms with Gasteiger partial charge in [-0.1, -0.05) is 6.92 Å². The zero-order valence-electron chi connectivity index (χ0n) is 12.7. The molecule has 0 saturated carbocycles. The summed E-state index contributed by atoms with van der Waals surface area (Å²) in [5.41, 5.74) is 1.02. The Balaban J connectivity index is 2.02. The Morgan fingerprint density at radius 2 is 2.14 bits per heavy atom. The van der Waals surface area contributed by atoms with E-state index in [1.54, 1.807) is 6.07 Å². The number of piperidine rings is 1. The Hall–Kier alpha value is -1.82. The van der Waals surface area contributed by atoms with Crippen LogP contribution < -0.4 is 15.0 Å². The highest BCUT2D eigenvalue weighted by molar-refractivity contribution is 5.59. The maximum Gasteiger partial charge on any atom is 0.311 e. The minimum atomic E-state index is -0.411. The quantitative estimate of drug-likeness (QED) is 0.644. The van der Waals surface area contributed by atoms with Gasteiger partial charge in [-0.05, 0) is 37.9 Å². The summed E-state index contributed by atoms with van der Waals surface area (Å²) in [4.78, 5) is 12.8. The minimum Gasteiger partial charge on any atom is -0.490 e. The molecule has 1 fully saturated rings. The first-order valence-electron chi connectivity index (χ1n) is 7.43. The van der Waals surface area contributed by atoms with Crippen LogP contribution in [-0.2, 0) is 0 Å². The first-order chi connectivity index (χ1) is 10.2. The fourth-order valence-corrected chi connectivity index (χ4v) is 2.76. The van der Waals surface area contributed by atoms with E-state index in [-0.39, 0.29) is 5.69 Å². The van der Waals surface area contributed by atoms with Gasteiger partial charge in [-0.15, -0.1) is 0 Å². The molecule has 0 aromatic heterocycles. The molecular formula is C15H23N3O3. The first kappa shape index (κ1) is 15.6. The third-order valence-corrected chi connectivity index (χ3v) is 4.02. The first-order valence-corrected chi connectivity index (χ1v) is 7.43. The van der Waals surface area contributed by atoms with Crippen LogP contribution in [0.5, 0.6) is 5.75 Å². The number of hydrogen-bond acceptors (Lipinski definition) is 5. The molecule has 0 unspecified atom stereocenters. The third kappa shape index (κ3) is 3.85. The second-order valence-corrected chi connectivity index (χ2v) is 5.35. The zero-order valence-corrected chi connectivity index (χ0v) is 12.7. The number of nitro groups is 1. The Morgan fingerprint density at radius 1 is 1.43 bits per heavy atom. The van der Waals surface area contributed by atoms with Crippen LogP contribution in [0.3, 0.4) is 0 Å². The fraction of sp³-hybridized carbons (Fsp3) is 0.600. The lowest BCUT2D eigenvalue weighted by atomic mass is 9.96. The summed E-state index contributed by atoms with van der Waals surface area (Å²) in [6.45, 7) is 6.18. The molecule has 1 aliphatic heterocycles. The van der Waals surface area contributed by atoms with E-state index in [9.17, 15) is 10.1 Å². The Morgan fingerprint density at radius 3 is 2.71 bits per heavy atom. The van der Waals surface area contributed by atoms with Gasteiger partial charge < -0.3 is 15.0 Å². The number of hydrogen-bond donors (Lipinski definition) is 1. The summed E-state index contributed by atoms with van der Waals surface area (Å²) >= 11 is 0. The molecule has 1 aliphatic rings. The van der Waals surface area contributed by atoms with E-state index < -0.39 is 4.92 Å². The van der Waals surface area contributed by atoms with Crippen LogP contribution in [0.4, 0.5) is 11.4 Å². The average Bonchev–Trinajstić information content (AvgIpc) is 2.52. The van der Waals surface area contributed by atoms with E-state index in [4.69, 9.17) is 4.74 Å². The van der Waals surface area contributed by atoms with Crippen molar-refractivity contribution in [3.8, 4) is 5.75 Å². The van der Waals surface area contributed by atoms with Crippen LogP contribution >= 0.6 is 0 Å². The van der Waals surface area contributed by atoms with Crippen LogP contribution in [-0.4, -0.2) is 38.2 Å². The van der Waals surface area contributed by atoms with Crippen molar-refractivity contribution >= 4 is 11.4 Å². The molecule has 0 amide bonds. The summed E-state index contributed by atoms with van der Waals surface area (Å²) in [6, 6.07) is 5.10. The van der Waals surface area contributed by atoms with Gasteiger partial charge in [0.2, 0.25) is 0 Å². The van der Waals surface area contributed by atoms with Crippen molar-refractivity contribution in [3.05, 3.63) is 28.3 Å². The summed E-state index contributed by atoms with van der Waals surface area (Å²) < 4.78 is 5.13. The molecule has 1 heterocycles. The second kappa shape index (κ2) is 7.26. The number of anilines is 1. The molecule has 1 N–H and O–H groups in total. The Bertz CT molecular complexity index is 485. The minimum absolute atomic E-state index is 0.0169. The number of nitrogens with zero attached hydrogens (tertiary/aromatic N) is 2. The number of rotatable bonds is 6. The zero-order chi connectivity index (χ0) is 15.2. The van der Waals surface area contributed by atoms with Gasteiger partial charge >= 0.3 is 5.69 Å². The highest BCUT2D eigenvalue weighted by Crippen LogP contribution is 2.32. The van der Waals surface area contributed by atoms with Crippen molar-refractivity contribution in [2.24, 2.45) is 5.92 Å². The Kier molecular flexibility index (Phi) is 5.38. The lowest BCUT2D eigenvalue weighted by molar-refractivity contribution is -0.385. The van der Waals surface area contributed by atoms with Crippen molar-refractivity contribution in [1.29, 1.82) is 0 Å². The van der Waals surface area contributed by atoms with E-state index in [1.807, 2.05) is 6.07 Å². The van der Waals surface area contributed by atoms with Gasteiger partial charge in [-0.3, -0.25) is 10.1 Å². The fourth-order valence-electron chi connectivity index (χ4n) is 2.76. The number of nitro benzene ring substituents is 1. The molecule has 0 spiro atoms. The maximum absolute atomic E-state index is 10.9. The van der Waals surface area contributed by atoms with E-state index in [0.717, 1.165) is 50.6 Å². The summed E-state index contributed by atoms with van der Waals surface area (Å²) in [5, 5.41) is 14.3. The average molecular weight is 293 g/mol. The Labute approximate surface area is 125 Å². The molecule has 2 rings (SSSR count). The molecule has 21 heavy (non-hydrogen) atoms. The lowest BCUT2D eigenvalue weighted by Gasteiger charge is -2.33. The normalized spacial score (nSPS) is 16.0. The highest BCUT2D eigenvalue weighted by Gasteiger charge is 2.21. The van der Waals surface area contributed by atoms with Crippen molar-refractivity contribution in [3.63, 3.8) is 0 Å². The highest BCUT2D eigenvalue weighted by atomic mass is 16.6. The molecule has 116 valence electrons. The van der Waals surface area contributed by atoms with Crippen LogP contribution in [0.2, 0.25) is 0 Å². The number of benzene rings is 1. The molecule has 0 aliphatic carbocycles. The molecule has 1 saturated heterocycles. The number of methoxy groups -OCH3 is 1. The summed E-state index contributed by atoms with van der Waals surface area (Å²) in [6.07, 6.45) is 2.29. The molecule has 1 aromatic carbocycles. The van der Waals surface area contributed by atoms with Crippen LogP contribution in [0.25, 0.3) is 0 Å². The van der Waals surface area contributed by atoms with Crippen molar-refractivity contribution in [2.45, 2.75) is 19.8 Å². The standard InChI is InChI=1S/C15H23N3O3/c1-3-16-11-12-6-8-17(9-7-12)13-4-5-14(18(19)20)15(10-13)21-2/h4-5,10,12,16H,3,6-9,11H2,1-2H3. The predicted octanol–water partition coefficient (Wildman–Crippen LogP) is 2.43. The van der Waals surface area contributed by atoms with Gasteiger partial charge in [-0.25, -0.2) is 0 Å². The van der Waals surface area contributed by atoms with E-state index >= 15 is 0 Å². The smallest absolute Gasteiger partial charge is 0.311 e. The maximum atomic E-state index is 10.9. The van der Waals surface area contributed by atoms with E-state index in [2.05, 4.69) is 17.1 Å². The number of nitrogens with one attached hydrogen (secondary N) is 1. The van der Waals surface area contributed by atoms with Gasteiger partial charge in [0.05, 0.1) is 12.0 Å². The van der Waals surface area contributed by atoms with Crippen LogP contribution in [0.1, 0.15) is 19.8 Å². The van der Waals surface area contributed by atoms with Gasteiger partial charge in [0.1, 0.15) is 0 Å². The SMILES string of the molecule is CCNCC1CCN(c2ccc([N+](=O)[O-])c(OC)c2)CC1. The predicted molar refractivity (Wildman–Crippen MR) is 83.1 cm³/mol. The molecule has 0 radical (unpaired) electrons.